The van der Waals surface area contributed by atoms with Crippen molar-refractivity contribution in [2.24, 2.45) is 0 Å². The summed E-state index contributed by atoms with van der Waals surface area (Å²) in [6.45, 7) is 12.1. The van der Waals surface area contributed by atoms with Gasteiger partial charge in [-0.05, 0) is 38.2 Å². The largest absolute Gasteiger partial charge is 0.507 e. The van der Waals surface area contributed by atoms with E-state index in [-0.39, 0.29) is 5.56 Å². The van der Waals surface area contributed by atoms with Crippen LogP contribution in [0, 0.1) is 0 Å². The number of nitrogens with one attached hydrogen (secondary N) is 2. The zero-order valence-electron chi connectivity index (χ0n) is 24.0. The Morgan fingerprint density at radius 3 is 2.38 bits per heavy atom. The molecule has 1 fully saturated rings. The molecular weight excluding hydrogens is 570 g/mol. The average molecular weight is 610 g/mol. The van der Waals surface area contributed by atoms with Crippen LogP contribution < -0.4 is 10.0 Å². The van der Waals surface area contributed by atoms with Crippen LogP contribution in [0.1, 0.15) is 50.7 Å². The maximum atomic E-state index is 12.2. The minimum absolute atomic E-state index is 0.269. The van der Waals surface area contributed by atoms with E-state index < -0.39 is 53.1 Å². The molecule has 16 heteroatoms. The molecule has 0 unspecified atom stereocenters. The second-order valence-corrected chi connectivity index (χ2v) is 10.7. The summed E-state index contributed by atoms with van der Waals surface area (Å²) < 4.78 is 37.9. The molecule has 42 heavy (non-hydrogen) atoms. The summed E-state index contributed by atoms with van der Waals surface area (Å²) in [4.78, 5) is 27.1. The molecule has 0 saturated carbocycles. The number of aliphatic hydroxyl groups is 2. The maximum Gasteiger partial charge on any atom is 0.362 e. The van der Waals surface area contributed by atoms with Crippen LogP contribution in [0.3, 0.4) is 0 Å². The second kappa shape index (κ2) is 15.2. The van der Waals surface area contributed by atoms with Gasteiger partial charge in [-0.2, -0.15) is 8.42 Å². The van der Waals surface area contributed by atoms with Gasteiger partial charge in [0.05, 0.1) is 18.5 Å². The molecule has 1 amide bonds. The lowest BCUT2D eigenvalue weighted by atomic mass is 10.1. The number of ether oxygens (including phenoxy) is 1. The highest BCUT2D eigenvalue weighted by atomic mass is 32.2. The van der Waals surface area contributed by atoms with E-state index >= 15 is 0 Å². The number of amides is 1. The number of phenols is 1. The van der Waals surface area contributed by atoms with Gasteiger partial charge >= 0.3 is 10.3 Å². The first-order valence-electron chi connectivity index (χ1n) is 13.7. The van der Waals surface area contributed by atoms with Gasteiger partial charge in [-0.25, -0.2) is 19.7 Å². The predicted octanol–water partition coefficient (Wildman–Crippen LogP) is 1.01. The van der Waals surface area contributed by atoms with Crippen molar-refractivity contribution in [1.82, 2.24) is 29.1 Å². The molecule has 1 saturated heterocycles. The van der Waals surface area contributed by atoms with Crippen molar-refractivity contribution >= 4 is 33.2 Å². The minimum atomic E-state index is -4.63. The second-order valence-electron chi connectivity index (χ2n) is 9.33. The van der Waals surface area contributed by atoms with E-state index in [1.54, 1.807) is 4.72 Å². The highest BCUT2D eigenvalue weighted by Crippen LogP contribution is 2.32. The first kappa shape index (κ1) is 33.1. The van der Waals surface area contributed by atoms with E-state index in [4.69, 9.17) is 8.92 Å². The number of aromatic nitrogens is 4. The summed E-state index contributed by atoms with van der Waals surface area (Å²) in [5, 5.41) is 33.8. The number of carbonyl (C=O) groups is 1. The molecule has 3 heterocycles. The van der Waals surface area contributed by atoms with Crippen molar-refractivity contribution in [3.8, 4) is 5.75 Å². The normalized spacial score (nSPS) is 20.4. The maximum absolute atomic E-state index is 12.2. The molecule has 1 aliphatic rings. The Bertz CT molecular complexity index is 1410. The lowest BCUT2D eigenvalue weighted by Crippen LogP contribution is -2.37. The quantitative estimate of drug-likeness (QED) is 0.195. The van der Waals surface area contributed by atoms with Crippen LogP contribution in [0.2, 0.25) is 0 Å². The molecule has 4 rings (SSSR count). The topological polar surface area (TPSA) is 201 Å². The molecule has 232 valence electrons. The Kier molecular flexibility index (Phi) is 12.0. The third-order valence-electron chi connectivity index (χ3n) is 6.61. The molecular formula is C26H39N7O8S. The molecule has 0 radical (unpaired) electrons. The molecule has 1 aliphatic heterocycles. The lowest BCUT2D eigenvalue weighted by Gasteiger charge is -2.16. The summed E-state index contributed by atoms with van der Waals surface area (Å²) in [6.07, 6.45) is -1.83. The van der Waals surface area contributed by atoms with Gasteiger partial charge < -0.3 is 30.3 Å². The van der Waals surface area contributed by atoms with Gasteiger partial charge in [0.2, 0.25) is 0 Å². The molecule has 1 aromatic carbocycles. The number of anilines is 1. The van der Waals surface area contributed by atoms with Crippen molar-refractivity contribution in [3.05, 3.63) is 42.5 Å². The Hall–Kier alpha value is -3.41. The molecule has 5 N–H and O–H groups in total. The lowest BCUT2D eigenvalue weighted by molar-refractivity contribution is -0.0468. The molecule has 2 aromatic heterocycles. The number of carbonyl (C=O) groups excluding carboxylic acids is 1. The number of para-hydroxylation sites is 1. The fourth-order valence-electron chi connectivity index (χ4n) is 4.20. The molecule has 4 atom stereocenters. The van der Waals surface area contributed by atoms with Crippen LogP contribution in [-0.2, 0) is 19.2 Å². The van der Waals surface area contributed by atoms with E-state index in [0.717, 1.165) is 6.42 Å². The monoisotopic (exact) mass is 609 g/mol. The Morgan fingerprint density at radius 1 is 1.07 bits per heavy atom. The molecule has 0 spiro atoms. The third kappa shape index (κ3) is 8.11. The van der Waals surface area contributed by atoms with Crippen LogP contribution in [0.5, 0.6) is 5.75 Å². The van der Waals surface area contributed by atoms with Crippen molar-refractivity contribution < 1.29 is 37.5 Å². The number of hydrogen-bond acceptors (Lipinski definition) is 13. The number of rotatable bonds is 12. The standard InChI is InChI=1S/C20H24N6O8S.C6H15N/c1-2-7-21-17-14-18(23-9-22-17)26(10-24-14)20-16(29)15(28)13(34-20)8-33-35(31,32)25-19(30)11-5-3-4-6-12(11)27;1-4-7(5-2)6-3/h3-6,9-10,13,15-16,20,27-29H,2,7-8H2,1H3,(H,25,30)(H,21,22,23);4-6H2,1-3H3/t13-,15-,16-,20-;/m1./s1. The van der Waals surface area contributed by atoms with Crippen molar-refractivity contribution in [3.63, 3.8) is 0 Å². The van der Waals surface area contributed by atoms with Gasteiger partial charge in [-0.1, -0.05) is 39.8 Å². The van der Waals surface area contributed by atoms with Gasteiger partial charge in [0, 0.05) is 6.54 Å². The van der Waals surface area contributed by atoms with E-state index in [1.165, 1.54) is 61.1 Å². The fourth-order valence-corrected chi connectivity index (χ4v) is 4.91. The van der Waals surface area contributed by atoms with Crippen LogP contribution in [-0.4, -0.2) is 105 Å². The summed E-state index contributed by atoms with van der Waals surface area (Å²) in [7, 11) is -4.63. The summed E-state index contributed by atoms with van der Waals surface area (Å²) >= 11 is 0. The number of nitrogens with zero attached hydrogens (tertiary/aromatic N) is 5. The summed E-state index contributed by atoms with van der Waals surface area (Å²) in [5.74, 6) is -1.02. The smallest absolute Gasteiger partial charge is 0.362 e. The zero-order chi connectivity index (χ0) is 30.9. The van der Waals surface area contributed by atoms with Crippen LogP contribution in [0.4, 0.5) is 5.82 Å². The van der Waals surface area contributed by atoms with E-state index in [9.17, 15) is 28.5 Å². The Labute approximate surface area is 244 Å². The number of imidazole rings is 1. The number of hydrogen-bond donors (Lipinski definition) is 5. The first-order valence-corrected chi connectivity index (χ1v) is 15.1. The van der Waals surface area contributed by atoms with Crippen LogP contribution >= 0.6 is 0 Å². The molecule has 0 aliphatic carbocycles. The minimum Gasteiger partial charge on any atom is -0.507 e. The average Bonchev–Trinajstić information content (AvgIpc) is 3.52. The fraction of sp³-hybridized carbons (Fsp3) is 0.538. The Morgan fingerprint density at radius 2 is 1.76 bits per heavy atom. The SMILES string of the molecule is CCCNc1ncnc2c1ncn2[C@@H]1O[C@H](COS(=O)(=O)NC(=O)c2ccccc2O)[C@@H](O)[C@H]1O.CCN(CC)CC. The first-order chi connectivity index (χ1) is 20.1. The zero-order valence-corrected chi connectivity index (χ0v) is 24.9. The molecule has 0 bridgehead atoms. The molecule has 3 aromatic rings. The van der Waals surface area contributed by atoms with Crippen molar-refractivity contribution in [2.45, 2.75) is 58.7 Å². The highest BCUT2D eigenvalue weighted by Gasteiger charge is 2.45. The van der Waals surface area contributed by atoms with Gasteiger partial charge in [0.1, 0.15) is 30.4 Å². The van der Waals surface area contributed by atoms with Gasteiger partial charge in [-0.15, -0.1) is 0 Å². The van der Waals surface area contributed by atoms with E-state index in [0.29, 0.717) is 23.5 Å². The third-order valence-corrected chi connectivity index (χ3v) is 7.49. The van der Waals surface area contributed by atoms with Gasteiger partial charge in [-0.3, -0.25) is 13.5 Å². The van der Waals surface area contributed by atoms with E-state index in [2.05, 4.69) is 45.9 Å². The van der Waals surface area contributed by atoms with Gasteiger partial charge in [0.25, 0.3) is 5.91 Å². The number of aliphatic hydroxyl groups excluding tert-OH is 2. The Balaban J connectivity index is 0.000000616. The highest BCUT2D eigenvalue weighted by molar-refractivity contribution is 7.85. The predicted molar refractivity (Wildman–Crippen MR) is 154 cm³/mol. The number of fused-ring (bicyclic) bond motifs is 1. The molecule has 15 nitrogen and oxygen atoms in total. The van der Waals surface area contributed by atoms with Crippen LogP contribution in [0.25, 0.3) is 11.2 Å². The van der Waals surface area contributed by atoms with Crippen molar-refractivity contribution in [2.75, 3.05) is 38.1 Å². The summed E-state index contributed by atoms with van der Waals surface area (Å²) in [6, 6.07) is 5.36. The van der Waals surface area contributed by atoms with Gasteiger partial charge in [0.15, 0.2) is 23.2 Å². The number of phenolic OH excluding ortho intramolecular Hbond substituents is 1. The van der Waals surface area contributed by atoms with Crippen LogP contribution in [0.15, 0.2) is 36.9 Å². The summed E-state index contributed by atoms with van der Waals surface area (Å²) in [5.41, 5.74) is 0.494. The van der Waals surface area contributed by atoms with E-state index in [1.807, 2.05) is 6.92 Å². The number of benzene rings is 1. The number of aromatic hydroxyl groups is 1. The van der Waals surface area contributed by atoms with Crippen molar-refractivity contribution in [1.29, 1.82) is 0 Å².